The van der Waals surface area contributed by atoms with Crippen LogP contribution in [0.25, 0.3) is 16.7 Å². The molecule has 0 fully saturated rings. The van der Waals surface area contributed by atoms with Crippen molar-refractivity contribution in [2.24, 2.45) is 0 Å². The molecule has 0 unspecified atom stereocenters. The van der Waals surface area contributed by atoms with Gasteiger partial charge in [-0.25, -0.2) is 4.98 Å². The first-order valence-electron chi connectivity index (χ1n) is 9.93. The van der Waals surface area contributed by atoms with Crippen LogP contribution >= 0.6 is 11.8 Å². The number of rotatable bonds is 5. The normalized spacial score (nSPS) is 11.1. The largest absolute Gasteiger partial charge is 0.325 e. The lowest BCUT2D eigenvalue weighted by atomic mass is 10.1. The number of thioether (sulfide) groups is 1. The number of aromatic amines is 1. The number of anilines is 1. The predicted octanol–water partition coefficient (Wildman–Crippen LogP) is 4.19. The number of fused-ring (bicyclic) bond motifs is 1. The third-order valence-electron chi connectivity index (χ3n) is 5.20. The first-order chi connectivity index (χ1) is 14.8. The number of carbonyl (C=O) groups is 1. The van der Waals surface area contributed by atoms with E-state index in [-0.39, 0.29) is 17.1 Å². The first-order valence-corrected chi connectivity index (χ1v) is 10.9. The van der Waals surface area contributed by atoms with Crippen LogP contribution in [0.3, 0.4) is 0 Å². The maximum atomic E-state index is 12.6. The van der Waals surface area contributed by atoms with E-state index in [1.165, 1.54) is 17.3 Å². The summed E-state index contributed by atoms with van der Waals surface area (Å²) in [5.74, 6) is 0.0375. The minimum atomic E-state index is -0.129. The standard InChI is InChI=1S/C23H24N6OS/c1-13-5-9-18(10-6-13)29-21(24)20-16(4)27-28-22(20)26-23(29)31-12-19(30)25-17-8-7-14(2)15(3)11-17/h5-11,24H,12H2,1-4H3,(H,25,30)(H,27,28). The van der Waals surface area contributed by atoms with Gasteiger partial charge in [0.1, 0.15) is 5.49 Å². The molecule has 1 amide bonds. The summed E-state index contributed by atoms with van der Waals surface area (Å²) in [5.41, 5.74) is 6.59. The Hall–Kier alpha value is -3.39. The molecule has 4 rings (SSSR count). The van der Waals surface area contributed by atoms with Crippen molar-refractivity contribution >= 4 is 34.4 Å². The molecule has 2 aromatic carbocycles. The average molecular weight is 433 g/mol. The zero-order valence-corrected chi connectivity index (χ0v) is 18.7. The van der Waals surface area contributed by atoms with Crippen LogP contribution in [-0.2, 0) is 4.79 Å². The highest BCUT2D eigenvalue weighted by atomic mass is 32.2. The highest BCUT2D eigenvalue weighted by molar-refractivity contribution is 7.99. The lowest BCUT2D eigenvalue weighted by molar-refractivity contribution is -0.113. The van der Waals surface area contributed by atoms with Crippen molar-refractivity contribution in [1.29, 1.82) is 5.41 Å². The maximum Gasteiger partial charge on any atom is 0.234 e. The Morgan fingerprint density at radius 2 is 1.84 bits per heavy atom. The highest BCUT2D eigenvalue weighted by Crippen LogP contribution is 2.22. The number of carbonyl (C=O) groups excluding carboxylic acids is 1. The molecule has 0 saturated carbocycles. The molecular formula is C23H24N6OS. The van der Waals surface area contributed by atoms with Crippen LogP contribution in [-0.4, -0.2) is 31.4 Å². The Morgan fingerprint density at radius 3 is 2.55 bits per heavy atom. The zero-order chi connectivity index (χ0) is 22.1. The summed E-state index contributed by atoms with van der Waals surface area (Å²) in [5, 5.41) is 20.1. The quantitative estimate of drug-likeness (QED) is 0.325. The van der Waals surface area contributed by atoms with Crippen molar-refractivity contribution in [1.82, 2.24) is 19.7 Å². The smallest absolute Gasteiger partial charge is 0.234 e. The fourth-order valence-corrected chi connectivity index (χ4v) is 4.11. The van der Waals surface area contributed by atoms with Crippen LogP contribution in [0.1, 0.15) is 22.4 Å². The zero-order valence-electron chi connectivity index (χ0n) is 17.9. The summed E-state index contributed by atoms with van der Waals surface area (Å²) in [6.45, 7) is 7.95. The number of hydrogen-bond donors (Lipinski definition) is 3. The van der Waals surface area contributed by atoms with Gasteiger partial charge in [-0.15, -0.1) is 0 Å². The summed E-state index contributed by atoms with van der Waals surface area (Å²) in [6, 6.07) is 13.7. The molecule has 0 spiro atoms. The van der Waals surface area contributed by atoms with Crippen molar-refractivity contribution in [3.05, 3.63) is 70.3 Å². The first kappa shape index (κ1) is 20.9. The van der Waals surface area contributed by atoms with E-state index in [0.29, 0.717) is 16.2 Å². The van der Waals surface area contributed by atoms with Gasteiger partial charge in [0, 0.05) is 17.1 Å². The predicted molar refractivity (Wildman–Crippen MR) is 124 cm³/mol. The van der Waals surface area contributed by atoms with E-state index in [0.717, 1.165) is 28.2 Å². The molecule has 0 aliphatic heterocycles. The minimum Gasteiger partial charge on any atom is -0.325 e. The molecule has 7 nitrogen and oxygen atoms in total. The number of nitrogens with zero attached hydrogens (tertiary/aromatic N) is 3. The Kier molecular flexibility index (Phi) is 5.65. The Morgan fingerprint density at radius 1 is 1.10 bits per heavy atom. The number of aromatic nitrogens is 4. The number of aryl methyl sites for hydroxylation is 4. The van der Waals surface area contributed by atoms with Crippen molar-refractivity contribution < 1.29 is 4.79 Å². The van der Waals surface area contributed by atoms with E-state index in [9.17, 15) is 4.79 Å². The molecule has 0 radical (unpaired) electrons. The topological polar surface area (TPSA) is 99.4 Å². The average Bonchev–Trinajstić information content (AvgIpc) is 3.11. The molecule has 3 N–H and O–H groups in total. The summed E-state index contributed by atoms with van der Waals surface area (Å²) in [4.78, 5) is 17.2. The molecule has 4 aromatic rings. The molecule has 2 aromatic heterocycles. The van der Waals surface area contributed by atoms with Crippen LogP contribution in [0.5, 0.6) is 0 Å². The van der Waals surface area contributed by atoms with E-state index in [1.54, 1.807) is 4.57 Å². The highest BCUT2D eigenvalue weighted by Gasteiger charge is 2.16. The van der Waals surface area contributed by atoms with Gasteiger partial charge in [0.2, 0.25) is 5.91 Å². The van der Waals surface area contributed by atoms with Crippen LogP contribution in [0.15, 0.2) is 47.6 Å². The Bertz CT molecular complexity index is 1340. The lowest BCUT2D eigenvalue weighted by Gasteiger charge is -2.14. The van der Waals surface area contributed by atoms with E-state index in [1.807, 2.05) is 70.2 Å². The minimum absolute atomic E-state index is 0.129. The molecular weight excluding hydrogens is 408 g/mol. The molecule has 0 aliphatic rings. The van der Waals surface area contributed by atoms with Gasteiger partial charge >= 0.3 is 0 Å². The summed E-state index contributed by atoms with van der Waals surface area (Å²) in [6.07, 6.45) is 0. The van der Waals surface area contributed by atoms with Gasteiger partial charge in [-0.05, 0) is 63.1 Å². The second kappa shape index (κ2) is 8.39. The van der Waals surface area contributed by atoms with Crippen molar-refractivity contribution in [3.63, 3.8) is 0 Å². The van der Waals surface area contributed by atoms with Crippen molar-refractivity contribution in [2.45, 2.75) is 32.9 Å². The number of hydrogen-bond acceptors (Lipinski definition) is 5. The molecule has 0 bridgehead atoms. The van der Waals surface area contributed by atoms with Gasteiger partial charge in [-0.3, -0.25) is 19.9 Å². The van der Waals surface area contributed by atoms with E-state index < -0.39 is 0 Å². The second-order valence-corrected chi connectivity index (χ2v) is 8.54. The monoisotopic (exact) mass is 432 g/mol. The van der Waals surface area contributed by atoms with Crippen molar-refractivity contribution in [2.75, 3.05) is 11.1 Å². The van der Waals surface area contributed by atoms with Gasteiger partial charge in [0.25, 0.3) is 0 Å². The molecule has 0 saturated heterocycles. The van der Waals surface area contributed by atoms with Crippen LogP contribution < -0.4 is 10.8 Å². The van der Waals surface area contributed by atoms with Gasteiger partial charge in [0.05, 0.1) is 11.1 Å². The SMILES string of the molecule is Cc1ccc(-n2c(SCC(=O)Nc3ccc(C)c(C)c3)nc3n[nH]c(C)c3c2=N)cc1. The lowest BCUT2D eigenvalue weighted by Crippen LogP contribution is -2.23. The maximum absolute atomic E-state index is 12.6. The number of H-pyrrole nitrogens is 1. The second-order valence-electron chi connectivity index (χ2n) is 7.60. The fraction of sp³-hybridized carbons (Fsp3) is 0.217. The fourth-order valence-electron chi connectivity index (χ4n) is 3.31. The summed E-state index contributed by atoms with van der Waals surface area (Å²) in [7, 11) is 0. The molecule has 2 heterocycles. The molecule has 158 valence electrons. The molecule has 0 aliphatic carbocycles. The number of amides is 1. The van der Waals surface area contributed by atoms with Gasteiger partial charge in [0.15, 0.2) is 10.8 Å². The van der Waals surface area contributed by atoms with Crippen LogP contribution in [0, 0.1) is 33.1 Å². The van der Waals surface area contributed by atoms with Crippen LogP contribution in [0.2, 0.25) is 0 Å². The summed E-state index contributed by atoms with van der Waals surface area (Å²) < 4.78 is 1.76. The number of benzene rings is 2. The van der Waals surface area contributed by atoms with Gasteiger partial charge in [-0.1, -0.05) is 35.5 Å². The van der Waals surface area contributed by atoms with Crippen LogP contribution in [0.4, 0.5) is 5.69 Å². The molecule has 8 heteroatoms. The summed E-state index contributed by atoms with van der Waals surface area (Å²) >= 11 is 1.28. The third kappa shape index (κ3) is 4.25. The van der Waals surface area contributed by atoms with E-state index in [4.69, 9.17) is 5.41 Å². The van der Waals surface area contributed by atoms with Crippen molar-refractivity contribution in [3.8, 4) is 5.69 Å². The molecule has 0 atom stereocenters. The Balaban J connectivity index is 1.65. The van der Waals surface area contributed by atoms with Gasteiger partial charge < -0.3 is 5.32 Å². The third-order valence-corrected chi connectivity index (χ3v) is 6.14. The van der Waals surface area contributed by atoms with E-state index >= 15 is 0 Å². The Labute approximate surface area is 184 Å². The molecule has 31 heavy (non-hydrogen) atoms. The number of nitrogens with one attached hydrogen (secondary N) is 3. The van der Waals surface area contributed by atoms with E-state index in [2.05, 4.69) is 20.5 Å². The van der Waals surface area contributed by atoms with Gasteiger partial charge in [-0.2, -0.15) is 5.10 Å².